The van der Waals surface area contributed by atoms with E-state index in [1.54, 1.807) is 18.3 Å². The monoisotopic (exact) mass is 237 g/mol. The number of nitrogens with one attached hydrogen (secondary N) is 1. The van der Waals surface area contributed by atoms with Crippen molar-refractivity contribution >= 4 is 17.5 Å². The number of rotatable bonds is 5. The molecule has 0 radical (unpaired) electrons. The van der Waals surface area contributed by atoms with Gasteiger partial charge >= 0.3 is 5.97 Å². The number of nitrogen functional groups attached to an aromatic ring is 1. The highest BCUT2D eigenvalue weighted by Crippen LogP contribution is 2.18. The van der Waals surface area contributed by atoms with E-state index >= 15 is 0 Å². The van der Waals surface area contributed by atoms with Crippen molar-refractivity contribution in [2.45, 2.75) is 26.3 Å². The lowest BCUT2D eigenvalue weighted by atomic mass is 10.0. The molecular formula is C12H19N3O2. The summed E-state index contributed by atoms with van der Waals surface area (Å²) in [5.41, 5.74) is 6.37. The summed E-state index contributed by atoms with van der Waals surface area (Å²) in [6, 6.07) is 3.16. The molecule has 0 bridgehead atoms. The van der Waals surface area contributed by atoms with Crippen LogP contribution in [0.2, 0.25) is 0 Å². The number of anilines is 2. The molecule has 17 heavy (non-hydrogen) atoms. The first-order valence-electron chi connectivity index (χ1n) is 5.59. The Balaban J connectivity index is 2.79. The number of nitrogens with zero attached hydrogens (tertiary/aromatic N) is 1. The second-order valence-electron chi connectivity index (χ2n) is 4.29. The highest BCUT2D eigenvalue weighted by molar-refractivity contribution is 5.80. The predicted octanol–water partition coefficient (Wildman–Crippen LogP) is 1.66. The van der Waals surface area contributed by atoms with Crippen molar-refractivity contribution in [2.75, 3.05) is 18.2 Å². The Morgan fingerprint density at radius 2 is 2.29 bits per heavy atom. The lowest BCUT2D eigenvalue weighted by molar-refractivity contribution is -0.141. The van der Waals surface area contributed by atoms with E-state index in [1.807, 2.05) is 13.8 Å². The fourth-order valence-electron chi connectivity index (χ4n) is 1.56. The summed E-state index contributed by atoms with van der Waals surface area (Å²) in [4.78, 5) is 15.6. The van der Waals surface area contributed by atoms with Crippen LogP contribution in [-0.2, 0) is 9.53 Å². The minimum atomic E-state index is -0.397. The van der Waals surface area contributed by atoms with Crippen molar-refractivity contribution in [2.24, 2.45) is 5.92 Å². The molecule has 1 aromatic heterocycles. The molecule has 0 saturated heterocycles. The van der Waals surface area contributed by atoms with Crippen LogP contribution >= 0.6 is 0 Å². The third-order valence-electron chi connectivity index (χ3n) is 2.36. The van der Waals surface area contributed by atoms with Gasteiger partial charge in [-0.2, -0.15) is 0 Å². The molecule has 0 spiro atoms. The van der Waals surface area contributed by atoms with Crippen molar-refractivity contribution in [3.63, 3.8) is 0 Å². The minimum Gasteiger partial charge on any atom is -0.467 e. The topological polar surface area (TPSA) is 77.2 Å². The predicted molar refractivity (Wildman–Crippen MR) is 67.5 cm³/mol. The van der Waals surface area contributed by atoms with E-state index in [4.69, 9.17) is 10.5 Å². The number of pyridine rings is 1. The molecule has 0 aromatic carbocycles. The third kappa shape index (κ3) is 3.94. The van der Waals surface area contributed by atoms with E-state index in [9.17, 15) is 4.79 Å². The molecule has 0 amide bonds. The summed E-state index contributed by atoms with van der Waals surface area (Å²) < 4.78 is 4.76. The lowest BCUT2D eigenvalue weighted by Gasteiger charge is -2.19. The number of hydrogen-bond acceptors (Lipinski definition) is 5. The summed E-state index contributed by atoms with van der Waals surface area (Å²) in [5, 5.41) is 3.07. The van der Waals surface area contributed by atoms with Crippen molar-refractivity contribution in [1.82, 2.24) is 4.98 Å². The molecule has 1 heterocycles. The van der Waals surface area contributed by atoms with Gasteiger partial charge in [-0.3, -0.25) is 0 Å². The Hall–Kier alpha value is -1.78. The first kappa shape index (κ1) is 13.3. The maximum Gasteiger partial charge on any atom is 0.328 e. The molecule has 1 aromatic rings. The molecule has 1 atom stereocenters. The molecular weight excluding hydrogens is 218 g/mol. The van der Waals surface area contributed by atoms with E-state index < -0.39 is 6.04 Å². The van der Waals surface area contributed by atoms with Gasteiger partial charge in [-0.05, 0) is 24.5 Å². The zero-order chi connectivity index (χ0) is 12.8. The van der Waals surface area contributed by atoms with Gasteiger partial charge < -0.3 is 15.8 Å². The highest BCUT2D eigenvalue weighted by Gasteiger charge is 2.20. The number of esters is 1. The Bertz CT molecular complexity index is 380. The van der Waals surface area contributed by atoms with Gasteiger partial charge in [-0.1, -0.05) is 13.8 Å². The van der Waals surface area contributed by atoms with Crippen LogP contribution in [0.15, 0.2) is 18.3 Å². The smallest absolute Gasteiger partial charge is 0.328 e. The third-order valence-corrected chi connectivity index (χ3v) is 2.36. The quantitative estimate of drug-likeness (QED) is 0.762. The zero-order valence-electron chi connectivity index (χ0n) is 10.4. The van der Waals surface area contributed by atoms with E-state index in [0.29, 0.717) is 23.8 Å². The molecule has 94 valence electrons. The molecule has 0 aliphatic heterocycles. The first-order valence-corrected chi connectivity index (χ1v) is 5.59. The fourth-order valence-corrected chi connectivity index (χ4v) is 1.56. The zero-order valence-corrected chi connectivity index (χ0v) is 10.4. The van der Waals surface area contributed by atoms with Gasteiger partial charge in [0.05, 0.1) is 12.8 Å². The van der Waals surface area contributed by atoms with Crippen LogP contribution in [0.4, 0.5) is 11.5 Å². The van der Waals surface area contributed by atoms with Crippen LogP contribution < -0.4 is 11.1 Å². The number of hydrogen-bond donors (Lipinski definition) is 2. The molecule has 3 N–H and O–H groups in total. The second-order valence-corrected chi connectivity index (χ2v) is 4.29. The minimum absolute atomic E-state index is 0.290. The number of carbonyl (C=O) groups excluding carboxylic acids is 1. The van der Waals surface area contributed by atoms with Gasteiger partial charge in [0, 0.05) is 6.20 Å². The van der Waals surface area contributed by atoms with Crippen molar-refractivity contribution in [3.8, 4) is 0 Å². The van der Waals surface area contributed by atoms with Crippen LogP contribution in [0.3, 0.4) is 0 Å². The van der Waals surface area contributed by atoms with E-state index in [0.717, 1.165) is 0 Å². The fraction of sp³-hybridized carbons (Fsp3) is 0.500. The number of methoxy groups -OCH3 is 1. The van der Waals surface area contributed by atoms with Gasteiger partial charge in [-0.25, -0.2) is 9.78 Å². The van der Waals surface area contributed by atoms with Gasteiger partial charge in [0.15, 0.2) is 0 Å². The van der Waals surface area contributed by atoms with Crippen molar-refractivity contribution in [1.29, 1.82) is 0 Å². The van der Waals surface area contributed by atoms with Crippen LogP contribution in [-0.4, -0.2) is 24.1 Å². The highest BCUT2D eigenvalue weighted by atomic mass is 16.5. The largest absolute Gasteiger partial charge is 0.467 e. The molecule has 0 saturated carbocycles. The normalized spacial score (nSPS) is 12.2. The maximum atomic E-state index is 11.6. The Kier molecular flexibility index (Phi) is 4.75. The van der Waals surface area contributed by atoms with Gasteiger partial charge in [0.1, 0.15) is 11.9 Å². The Labute approximate surface area is 101 Å². The Morgan fingerprint density at radius 1 is 1.59 bits per heavy atom. The summed E-state index contributed by atoms with van der Waals surface area (Å²) in [6.45, 7) is 4.09. The molecule has 0 fully saturated rings. The molecule has 1 unspecified atom stereocenters. The van der Waals surface area contributed by atoms with Crippen LogP contribution in [0.1, 0.15) is 20.3 Å². The Morgan fingerprint density at radius 3 is 2.82 bits per heavy atom. The molecule has 5 nitrogen and oxygen atoms in total. The molecule has 1 rings (SSSR count). The average Bonchev–Trinajstić information content (AvgIpc) is 2.29. The van der Waals surface area contributed by atoms with Crippen LogP contribution in [0.5, 0.6) is 0 Å². The first-order chi connectivity index (χ1) is 8.04. The maximum absolute atomic E-state index is 11.6. The summed E-state index contributed by atoms with van der Waals surface area (Å²) in [7, 11) is 1.38. The summed E-state index contributed by atoms with van der Waals surface area (Å²) >= 11 is 0. The van der Waals surface area contributed by atoms with Crippen LogP contribution in [0.25, 0.3) is 0 Å². The van der Waals surface area contributed by atoms with E-state index in [1.165, 1.54) is 7.11 Å². The van der Waals surface area contributed by atoms with Gasteiger partial charge in [0.2, 0.25) is 0 Å². The van der Waals surface area contributed by atoms with E-state index in [-0.39, 0.29) is 5.97 Å². The molecule has 0 aliphatic carbocycles. The lowest BCUT2D eigenvalue weighted by Crippen LogP contribution is -2.32. The van der Waals surface area contributed by atoms with Gasteiger partial charge in [-0.15, -0.1) is 0 Å². The number of aromatic nitrogens is 1. The SMILES string of the molecule is COC(=O)C(CC(C)C)Nc1cccnc1N. The molecule has 5 heteroatoms. The standard InChI is InChI=1S/C12H19N3O2/c1-8(2)7-10(12(16)17-3)15-9-5-4-6-14-11(9)13/h4-6,8,10,15H,7H2,1-3H3,(H2,13,14). The number of ether oxygens (including phenoxy) is 1. The summed E-state index contributed by atoms with van der Waals surface area (Å²) in [6.07, 6.45) is 2.29. The van der Waals surface area contributed by atoms with Gasteiger partial charge in [0.25, 0.3) is 0 Å². The van der Waals surface area contributed by atoms with E-state index in [2.05, 4.69) is 10.3 Å². The number of nitrogens with two attached hydrogens (primary N) is 1. The molecule has 0 aliphatic rings. The summed E-state index contributed by atoms with van der Waals surface area (Å²) in [5.74, 6) is 0.469. The second kappa shape index (κ2) is 6.08. The van der Waals surface area contributed by atoms with Crippen LogP contribution in [0, 0.1) is 5.92 Å². The van der Waals surface area contributed by atoms with Crippen molar-refractivity contribution in [3.05, 3.63) is 18.3 Å². The average molecular weight is 237 g/mol. The number of carbonyl (C=O) groups is 1. The van der Waals surface area contributed by atoms with Crippen molar-refractivity contribution < 1.29 is 9.53 Å².